The van der Waals surface area contributed by atoms with E-state index in [1.807, 2.05) is 28.2 Å². The number of fused-ring (bicyclic) bond motifs is 4. The number of allylic oxidation sites excluding steroid dienone is 12. The first-order valence-electron chi connectivity index (χ1n) is 15.2. The molecule has 4 aromatic heterocycles. The summed E-state index contributed by atoms with van der Waals surface area (Å²) in [6.07, 6.45) is 25.5. The highest BCUT2D eigenvalue weighted by Crippen LogP contribution is 2.39. The minimum absolute atomic E-state index is 0.880. The molecule has 8 nitrogen and oxygen atoms in total. The third kappa shape index (κ3) is 4.99. The summed E-state index contributed by atoms with van der Waals surface area (Å²) < 4.78 is 8.33. The second-order valence-electron chi connectivity index (χ2n) is 11.9. The standard InChI is InChI=1S/C36H28N8S4/c1-41-13-29(45-17-41)33-21-5-7-23(37-21)34(30-14-42(2)18-46-30)25-9-11-27(39-25)36(32-16-44(4)20-48-32)28-12-10-26(40-28)35(24-8-6-22(33)38-24)31-15-43(3)19-47-31/h5-20H,1-4H3/q+4. The van der Waals surface area contributed by atoms with Crippen LogP contribution in [0.15, 0.2) is 138 Å². The molecule has 12 heteroatoms. The van der Waals surface area contributed by atoms with E-state index in [0.717, 1.165) is 87.4 Å². The molecule has 5 aliphatic rings. The first-order chi connectivity index (χ1) is 23.4. The Balaban J connectivity index is 1.37. The lowest BCUT2D eigenvalue weighted by molar-refractivity contribution is -0.666. The second-order valence-corrected chi connectivity index (χ2v) is 15.4. The third-order valence-corrected chi connectivity index (χ3v) is 12.3. The Kier molecular flexibility index (Phi) is 6.94. The van der Waals surface area contributed by atoms with Gasteiger partial charge < -0.3 is 0 Å². The maximum atomic E-state index is 5.33. The molecule has 5 aliphatic heterocycles. The summed E-state index contributed by atoms with van der Waals surface area (Å²) in [4.78, 5) is 25.7. The summed E-state index contributed by atoms with van der Waals surface area (Å²) in [5.41, 5.74) is 19.5. The molecule has 0 aromatic carbocycles. The zero-order chi connectivity index (χ0) is 32.5. The van der Waals surface area contributed by atoms with Crippen LogP contribution >= 0.6 is 45.3 Å². The molecule has 0 atom stereocenters. The normalized spacial score (nSPS) is 18.2. The van der Waals surface area contributed by atoms with E-state index in [-0.39, 0.29) is 0 Å². The molecular formula is C36H28N8S4+4. The van der Waals surface area contributed by atoms with Crippen LogP contribution in [-0.2, 0) is 28.2 Å². The summed E-state index contributed by atoms with van der Waals surface area (Å²) in [5.74, 6) is 0. The van der Waals surface area contributed by atoms with Crippen molar-refractivity contribution in [3.8, 4) is 0 Å². The van der Waals surface area contributed by atoms with Gasteiger partial charge in [0.25, 0.3) is 0 Å². The number of hydrogen-bond acceptors (Lipinski definition) is 8. The molecule has 0 spiro atoms. The number of hydrogen-bond donors (Lipinski definition) is 0. The molecule has 0 amide bonds. The van der Waals surface area contributed by atoms with Crippen LogP contribution < -0.4 is 18.3 Å². The van der Waals surface area contributed by atoms with Crippen LogP contribution in [0.2, 0.25) is 0 Å². The molecule has 8 bridgehead atoms. The Hall–Kier alpha value is -4.88. The average Bonchev–Trinajstić information content (AvgIpc) is 3.89. The van der Waals surface area contributed by atoms with E-state index in [2.05, 4.69) is 114 Å². The number of thiazole rings is 4. The smallest absolute Gasteiger partial charge is 0.225 e. The number of aromatic nitrogens is 4. The molecule has 48 heavy (non-hydrogen) atoms. The van der Waals surface area contributed by atoms with Crippen LogP contribution in [0.25, 0.3) is 22.3 Å². The van der Waals surface area contributed by atoms with Crippen molar-refractivity contribution < 1.29 is 18.3 Å². The van der Waals surface area contributed by atoms with Gasteiger partial charge in [-0.25, -0.2) is 20.0 Å². The second kappa shape index (κ2) is 11.4. The predicted molar refractivity (Wildman–Crippen MR) is 196 cm³/mol. The van der Waals surface area contributed by atoms with Gasteiger partial charge in [-0.05, 0) is 48.6 Å². The van der Waals surface area contributed by atoms with Crippen molar-refractivity contribution in [2.75, 3.05) is 0 Å². The predicted octanol–water partition coefficient (Wildman–Crippen LogP) is 5.23. The highest BCUT2D eigenvalue weighted by atomic mass is 32.1. The van der Waals surface area contributed by atoms with E-state index in [1.54, 1.807) is 45.3 Å². The molecule has 232 valence electrons. The molecule has 0 radical (unpaired) electrons. The molecule has 0 saturated heterocycles. The summed E-state index contributed by atoms with van der Waals surface area (Å²) in [5, 5.41) is 0. The van der Waals surface area contributed by atoms with Gasteiger partial charge in [0.15, 0.2) is 24.8 Å². The lowest BCUT2D eigenvalue weighted by Crippen LogP contribution is -2.22. The van der Waals surface area contributed by atoms with Crippen molar-refractivity contribution >= 4 is 90.5 Å². The molecule has 0 fully saturated rings. The number of aliphatic imine (C=N–C) groups is 4. The maximum Gasteiger partial charge on any atom is 0.225 e. The Bertz CT molecular complexity index is 2140. The van der Waals surface area contributed by atoms with Crippen molar-refractivity contribution in [3.63, 3.8) is 0 Å². The van der Waals surface area contributed by atoms with Gasteiger partial charge in [0.1, 0.15) is 47.7 Å². The van der Waals surface area contributed by atoms with E-state index in [9.17, 15) is 0 Å². The summed E-state index contributed by atoms with van der Waals surface area (Å²) in [7, 11) is 8.20. The van der Waals surface area contributed by atoms with Crippen molar-refractivity contribution in [3.05, 3.63) is 138 Å². The van der Waals surface area contributed by atoms with E-state index < -0.39 is 0 Å². The third-order valence-electron chi connectivity index (χ3n) is 8.26. The minimum atomic E-state index is 0.880. The van der Waals surface area contributed by atoms with Crippen LogP contribution in [0.1, 0.15) is 19.5 Å². The van der Waals surface area contributed by atoms with Gasteiger partial charge in [-0.1, -0.05) is 45.3 Å². The Morgan fingerprint density at radius 1 is 0.354 bits per heavy atom. The molecule has 0 aliphatic carbocycles. The fraction of sp³-hybridized carbons (Fsp3) is 0.111. The molecular weight excluding hydrogens is 673 g/mol. The lowest BCUT2D eigenvalue weighted by Gasteiger charge is -2.08. The molecule has 0 saturated carbocycles. The maximum absolute atomic E-state index is 5.33. The zero-order valence-electron chi connectivity index (χ0n) is 26.4. The quantitative estimate of drug-likeness (QED) is 0.262. The molecule has 0 N–H and O–H groups in total. The fourth-order valence-corrected chi connectivity index (χ4v) is 9.71. The highest BCUT2D eigenvalue weighted by Gasteiger charge is 2.30. The molecule has 0 unspecified atom stereocenters. The number of aryl methyl sites for hydroxylation is 4. The van der Waals surface area contributed by atoms with E-state index in [4.69, 9.17) is 20.0 Å². The van der Waals surface area contributed by atoms with Gasteiger partial charge in [0.2, 0.25) is 22.0 Å². The first-order valence-corrected chi connectivity index (χ1v) is 18.7. The molecule has 9 rings (SSSR count). The Morgan fingerprint density at radius 2 is 0.583 bits per heavy atom. The van der Waals surface area contributed by atoms with E-state index >= 15 is 0 Å². The Labute approximate surface area is 293 Å². The topological polar surface area (TPSA) is 65.0 Å². The van der Waals surface area contributed by atoms with Gasteiger partial charge in [-0.15, -0.1) is 0 Å². The van der Waals surface area contributed by atoms with Crippen molar-refractivity contribution in [1.82, 2.24) is 0 Å². The number of nitrogens with zero attached hydrogens (tertiary/aromatic N) is 8. The highest BCUT2D eigenvalue weighted by molar-refractivity contribution is 7.12. The largest absolute Gasteiger partial charge is 0.248 e. The minimum Gasteiger partial charge on any atom is -0.248 e. The molecule has 4 aromatic rings. The van der Waals surface area contributed by atoms with Gasteiger partial charge in [0, 0.05) is 22.3 Å². The van der Waals surface area contributed by atoms with Crippen LogP contribution in [0.5, 0.6) is 0 Å². The summed E-state index contributed by atoms with van der Waals surface area (Å²) in [6, 6.07) is 0. The van der Waals surface area contributed by atoms with E-state index in [0.29, 0.717) is 0 Å². The summed E-state index contributed by atoms with van der Waals surface area (Å²) in [6.45, 7) is 0. The average molecular weight is 701 g/mol. The van der Waals surface area contributed by atoms with Crippen molar-refractivity contribution in [2.24, 2.45) is 48.2 Å². The van der Waals surface area contributed by atoms with Crippen molar-refractivity contribution in [1.29, 1.82) is 0 Å². The van der Waals surface area contributed by atoms with Gasteiger partial charge in [-0.3, -0.25) is 0 Å². The Morgan fingerprint density at radius 3 is 0.771 bits per heavy atom. The van der Waals surface area contributed by atoms with Crippen LogP contribution in [0.3, 0.4) is 0 Å². The monoisotopic (exact) mass is 700 g/mol. The zero-order valence-corrected chi connectivity index (χ0v) is 29.7. The first kappa shape index (κ1) is 29.3. The van der Waals surface area contributed by atoms with Gasteiger partial charge in [0.05, 0.1) is 45.6 Å². The summed E-state index contributed by atoms with van der Waals surface area (Å²) >= 11 is 6.75. The van der Waals surface area contributed by atoms with E-state index in [1.165, 1.54) is 0 Å². The number of rotatable bonds is 4. The van der Waals surface area contributed by atoms with Crippen LogP contribution in [0.4, 0.5) is 0 Å². The SMILES string of the molecule is C[n+]1csc(C2=C3C=CC(=N3)C(c3c[n+](C)cs3)=C3C=CC(=N3)C(c3c[n+](C)cs3)=C3C=CC(=N3)C(c3c[n+](C)cs3)=C3C=CC2=N3)c1. The lowest BCUT2D eigenvalue weighted by atomic mass is 10.1. The van der Waals surface area contributed by atoms with Crippen LogP contribution in [-0.4, -0.2) is 22.8 Å². The van der Waals surface area contributed by atoms with Crippen molar-refractivity contribution in [2.45, 2.75) is 0 Å². The van der Waals surface area contributed by atoms with Gasteiger partial charge in [-0.2, -0.15) is 18.3 Å². The molecule has 9 heterocycles. The fourth-order valence-electron chi connectivity index (χ4n) is 6.13. The van der Waals surface area contributed by atoms with Crippen LogP contribution in [0, 0.1) is 0 Å². The van der Waals surface area contributed by atoms with Gasteiger partial charge >= 0.3 is 0 Å².